The van der Waals surface area contributed by atoms with Crippen LogP contribution in [-0.2, 0) is 9.59 Å². The highest BCUT2D eigenvalue weighted by Gasteiger charge is 2.04. The SMILES string of the molecule is CC(=O)Nc1cnc2[nH]cc(C=CC(N)=O)c2c1. The van der Waals surface area contributed by atoms with E-state index in [0.29, 0.717) is 11.3 Å². The zero-order valence-corrected chi connectivity index (χ0v) is 9.73. The molecule has 0 aliphatic heterocycles. The Morgan fingerprint density at radius 2 is 2.28 bits per heavy atom. The van der Waals surface area contributed by atoms with Crippen molar-refractivity contribution in [3.05, 3.63) is 30.1 Å². The quantitative estimate of drug-likeness (QED) is 0.702. The van der Waals surface area contributed by atoms with E-state index < -0.39 is 5.91 Å². The molecule has 0 unspecified atom stereocenters. The van der Waals surface area contributed by atoms with Gasteiger partial charge < -0.3 is 16.0 Å². The minimum Gasteiger partial charge on any atom is -0.366 e. The van der Waals surface area contributed by atoms with Crippen molar-refractivity contribution in [1.82, 2.24) is 9.97 Å². The van der Waals surface area contributed by atoms with Gasteiger partial charge in [-0.2, -0.15) is 0 Å². The van der Waals surface area contributed by atoms with E-state index >= 15 is 0 Å². The van der Waals surface area contributed by atoms with E-state index in [-0.39, 0.29) is 5.91 Å². The van der Waals surface area contributed by atoms with Gasteiger partial charge in [0, 0.05) is 30.1 Å². The number of rotatable bonds is 3. The van der Waals surface area contributed by atoms with Crippen LogP contribution < -0.4 is 11.1 Å². The topological polar surface area (TPSA) is 101 Å². The highest BCUT2D eigenvalue weighted by Crippen LogP contribution is 2.21. The molecule has 4 N–H and O–H groups in total. The van der Waals surface area contributed by atoms with Crippen LogP contribution in [0.2, 0.25) is 0 Å². The maximum Gasteiger partial charge on any atom is 0.241 e. The molecular formula is C12H12N4O2. The van der Waals surface area contributed by atoms with E-state index in [1.54, 1.807) is 24.5 Å². The van der Waals surface area contributed by atoms with E-state index in [2.05, 4.69) is 15.3 Å². The van der Waals surface area contributed by atoms with Crippen molar-refractivity contribution in [3.8, 4) is 0 Å². The van der Waals surface area contributed by atoms with Crippen molar-refractivity contribution in [1.29, 1.82) is 0 Å². The molecule has 0 bridgehead atoms. The number of pyridine rings is 1. The second-order valence-corrected chi connectivity index (χ2v) is 3.78. The molecule has 18 heavy (non-hydrogen) atoms. The number of hydrogen-bond acceptors (Lipinski definition) is 3. The number of primary amides is 1. The lowest BCUT2D eigenvalue weighted by molar-refractivity contribution is -0.114. The lowest BCUT2D eigenvalue weighted by Gasteiger charge is -2.01. The molecule has 0 atom stereocenters. The third-order valence-electron chi connectivity index (χ3n) is 2.31. The van der Waals surface area contributed by atoms with Crippen molar-refractivity contribution in [2.75, 3.05) is 5.32 Å². The molecule has 2 aromatic heterocycles. The van der Waals surface area contributed by atoms with Gasteiger partial charge in [0.2, 0.25) is 11.8 Å². The van der Waals surface area contributed by atoms with Gasteiger partial charge in [-0.25, -0.2) is 4.98 Å². The van der Waals surface area contributed by atoms with Crippen molar-refractivity contribution in [3.63, 3.8) is 0 Å². The zero-order valence-electron chi connectivity index (χ0n) is 9.73. The summed E-state index contributed by atoms with van der Waals surface area (Å²) in [6.07, 6.45) is 6.14. The number of amides is 2. The first-order valence-electron chi connectivity index (χ1n) is 5.28. The van der Waals surface area contributed by atoms with Gasteiger partial charge in [0.15, 0.2) is 0 Å². The number of aromatic amines is 1. The fourth-order valence-electron chi connectivity index (χ4n) is 1.61. The fraction of sp³-hybridized carbons (Fsp3) is 0.0833. The number of nitrogens with one attached hydrogen (secondary N) is 2. The molecule has 2 amide bonds. The molecule has 2 heterocycles. The Morgan fingerprint density at radius 1 is 1.50 bits per heavy atom. The monoisotopic (exact) mass is 244 g/mol. The average Bonchev–Trinajstić information content (AvgIpc) is 2.68. The summed E-state index contributed by atoms with van der Waals surface area (Å²) < 4.78 is 0. The number of fused-ring (bicyclic) bond motifs is 1. The third kappa shape index (κ3) is 2.54. The van der Waals surface area contributed by atoms with E-state index in [1.165, 1.54) is 13.0 Å². The van der Waals surface area contributed by atoms with Gasteiger partial charge in [0.05, 0.1) is 11.9 Å². The summed E-state index contributed by atoms with van der Waals surface area (Å²) in [6, 6.07) is 1.78. The molecule has 92 valence electrons. The molecule has 2 aromatic rings. The standard InChI is InChI=1S/C12H12N4O2/c1-7(17)16-9-4-10-8(2-3-11(13)18)5-14-12(10)15-6-9/h2-6H,1H3,(H2,13,18)(H,14,15)(H,16,17). The molecule has 0 saturated carbocycles. The van der Waals surface area contributed by atoms with Crippen molar-refractivity contribution in [2.24, 2.45) is 5.73 Å². The molecule has 6 heteroatoms. The van der Waals surface area contributed by atoms with Crippen LogP contribution in [0, 0.1) is 0 Å². The summed E-state index contributed by atoms with van der Waals surface area (Å²) in [5, 5.41) is 3.45. The highest BCUT2D eigenvalue weighted by atomic mass is 16.1. The summed E-state index contributed by atoms with van der Waals surface area (Å²) in [5.41, 5.74) is 7.10. The maximum atomic E-state index is 11.0. The van der Waals surface area contributed by atoms with Crippen LogP contribution in [-0.4, -0.2) is 21.8 Å². The number of carbonyl (C=O) groups excluding carboxylic acids is 2. The molecule has 6 nitrogen and oxygen atoms in total. The predicted molar refractivity (Wildman–Crippen MR) is 68.6 cm³/mol. The molecule has 2 rings (SSSR count). The van der Waals surface area contributed by atoms with Gasteiger partial charge in [-0.15, -0.1) is 0 Å². The molecule has 0 aromatic carbocycles. The van der Waals surface area contributed by atoms with Crippen LogP contribution in [0.3, 0.4) is 0 Å². The minimum atomic E-state index is -0.518. The first kappa shape index (κ1) is 11.8. The Balaban J connectivity index is 2.43. The summed E-state index contributed by atoms with van der Waals surface area (Å²) in [6.45, 7) is 1.43. The van der Waals surface area contributed by atoms with Crippen LogP contribution >= 0.6 is 0 Å². The van der Waals surface area contributed by atoms with Gasteiger partial charge in [0.1, 0.15) is 5.65 Å². The van der Waals surface area contributed by atoms with Crippen LogP contribution in [0.5, 0.6) is 0 Å². The molecule has 0 fully saturated rings. The average molecular weight is 244 g/mol. The zero-order chi connectivity index (χ0) is 13.1. The smallest absolute Gasteiger partial charge is 0.241 e. The van der Waals surface area contributed by atoms with Gasteiger partial charge in [-0.1, -0.05) is 0 Å². The second-order valence-electron chi connectivity index (χ2n) is 3.78. The Bertz CT molecular complexity index is 643. The molecule has 0 aliphatic rings. The molecule has 0 spiro atoms. The molecule has 0 radical (unpaired) electrons. The summed E-state index contributed by atoms with van der Waals surface area (Å²) >= 11 is 0. The second kappa shape index (κ2) is 4.70. The Kier molecular flexibility index (Phi) is 3.09. The summed E-state index contributed by atoms with van der Waals surface area (Å²) in [4.78, 5) is 28.8. The molecular weight excluding hydrogens is 232 g/mol. The number of nitrogens with zero attached hydrogens (tertiary/aromatic N) is 1. The van der Waals surface area contributed by atoms with Crippen molar-refractivity contribution < 1.29 is 9.59 Å². The third-order valence-corrected chi connectivity index (χ3v) is 2.31. The number of hydrogen-bond donors (Lipinski definition) is 3. The Hall–Kier alpha value is -2.63. The maximum absolute atomic E-state index is 11.0. The summed E-state index contributed by atoms with van der Waals surface area (Å²) in [7, 11) is 0. The van der Waals surface area contributed by atoms with E-state index in [9.17, 15) is 9.59 Å². The lowest BCUT2D eigenvalue weighted by atomic mass is 10.2. The van der Waals surface area contributed by atoms with Crippen LogP contribution in [0.1, 0.15) is 12.5 Å². The Labute approximate surface area is 103 Å². The van der Waals surface area contributed by atoms with Gasteiger partial charge in [-0.05, 0) is 12.1 Å². The predicted octanol–water partition coefficient (Wildman–Crippen LogP) is 1.02. The van der Waals surface area contributed by atoms with Crippen molar-refractivity contribution in [2.45, 2.75) is 6.92 Å². The first-order chi connectivity index (χ1) is 8.56. The van der Waals surface area contributed by atoms with Crippen molar-refractivity contribution >= 4 is 34.6 Å². The number of carbonyl (C=O) groups is 2. The molecule has 0 saturated heterocycles. The largest absolute Gasteiger partial charge is 0.366 e. The number of H-pyrrole nitrogens is 1. The van der Waals surface area contributed by atoms with Crippen LogP contribution in [0.4, 0.5) is 5.69 Å². The lowest BCUT2D eigenvalue weighted by Crippen LogP contribution is -2.05. The number of nitrogens with two attached hydrogens (primary N) is 1. The minimum absolute atomic E-state index is 0.166. The summed E-state index contributed by atoms with van der Waals surface area (Å²) in [5.74, 6) is -0.684. The highest BCUT2D eigenvalue weighted by molar-refractivity contribution is 5.96. The number of aromatic nitrogens is 2. The van der Waals surface area contributed by atoms with E-state index in [0.717, 1.165) is 10.9 Å². The van der Waals surface area contributed by atoms with E-state index in [4.69, 9.17) is 5.73 Å². The number of anilines is 1. The van der Waals surface area contributed by atoms with Gasteiger partial charge in [-0.3, -0.25) is 9.59 Å². The van der Waals surface area contributed by atoms with Gasteiger partial charge >= 0.3 is 0 Å². The van der Waals surface area contributed by atoms with Gasteiger partial charge in [0.25, 0.3) is 0 Å². The normalized spacial score (nSPS) is 10.9. The Morgan fingerprint density at radius 3 is 2.94 bits per heavy atom. The first-order valence-corrected chi connectivity index (χ1v) is 5.28. The fourth-order valence-corrected chi connectivity index (χ4v) is 1.61. The van der Waals surface area contributed by atoms with E-state index in [1.807, 2.05) is 0 Å². The molecule has 0 aliphatic carbocycles. The van der Waals surface area contributed by atoms with Crippen LogP contribution in [0.25, 0.3) is 17.1 Å². The van der Waals surface area contributed by atoms with Crippen LogP contribution in [0.15, 0.2) is 24.5 Å².